The standard InChI is InChI=1S/C10H14N2O6S2/c1-7(6-19(2,15)16)12-20(17,18)9-4-3-8(5-11-9)10(13)14/h3-5,7,12H,6H2,1-2H3,(H,13,14). The summed E-state index contributed by atoms with van der Waals surface area (Å²) in [5.41, 5.74) is -0.145. The summed E-state index contributed by atoms with van der Waals surface area (Å²) in [6.45, 7) is 1.41. The van der Waals surface area contributed by atoms with Gasteiger partial charge in [-0.15, -0.1) is 0 Å². The zero-order chi connectivity index (χ0) is 15.6. The zero-order valence-electron chi connectivity index (χ0n) is 10.8. The van der Waals surface area contributed by atoms with E-state index in [2.05, 4.69) is 9.71 Å². The van der Waals surface area contributed by atoms with Gasteiger partial charge in [0.2, 0.25) is 0 Å². The van der Waals surface area contributed by atoms with Crippen molar-refractivity contribution in [3.8, 4) is 0 Å². The van der Waals surface area contributed by atoms with Gasteiger partial charge in [-0.05, 0) is 19.1 Å². The van der Waals surface area contributed by atoms with Crippen molar-refractivity contribution in [2.45, 2.75) is 18.0 Å². The van der Waals surface area contributed by atoms with E-state index in [4.69, 9.17) is 5.11 Å². The van der Waals surface area contributed by atoms with Crippen molar-refractivity contribution in [1.29, 1.82) is 0 Å². The Kier molecular flexibility index (Phi) is 4.84. The zero-order valence-corrected chi connectivity index (χ0v) is 12.4. The first-order chi connectivity index (χ1) is 9.01. The van der Waals surface area contributed by atoms with Crippen molar-refractivity contribution in [3.05, 3.63) is 23.9 Å². The molecule has 0 amide bonds. The van der Waals surface area contributed by atoms with Crippen LogP contribution in [-0.2, 0) is 19.9 Å². The van der Waals surface area contributed by atoms with Crippen LogP contribution < -0.4 is 4.72 Å². The van der Waals surface area contributed by atoms with E-state index in [0.29, 0.717) is 0 Å². The molecule has 0 aromatic carbocycles. The lowest BCUT2D eigenvalue weighted by Gasteiger charge is -2.12. The summed E-state index contributed by atoms with van der Waals surface area (Å²) in [4.78, 5) is 14.2. The van der Waals surface area contributed by atoms with E-state index in [-0.39, 0.29) is 16.3 Å². The molecule has 0 aliphatic carbocycles. The molecule has 8 nitrogen and oxygen atoms in total. The van der Waals surface area contributed by atoms with Crippen LogP contribution in [0.2, 0.25) is 0 Å². The highest BCUT2D eigenvalue weighted by Crippen LogP contribution is 2.08. The third-order valence-electron chi connectivity index (χ3n) is 2.17. The third kappa shape index (κ3) is 4.87. The second-order valence-electron chi connectivity index (χ2n) is 4.31. The number of aromatic carboxylic acids is 1. The molecular weight excluding hydrogens is 308 g/mol. The topological polar surface area (TPSA) is 130 Å². The number of sulfonamides is 1. The summed E-state index contributed by atoms with van der Waals surface area (Å²) in [6, 6.07) is 1.32. The molecule has 0 saturated heterocycles. The molecule has 0 saturated carbocycles. The lowest BCUT2D eigenvalue weighted by atomic mass is 10.3. The molecule has 20 heavy (non-hydrogen) atoms. The van der Waals surface area contributed by atoms with Crippen LogP contribution in [0.5, 0.6) is 0 Å². The molecule has 1 heterocycles. The van der Waals surface area contributed by atoms with Crippen LogP contribution in [0, 0.1) is 0 Å². The molecule has 0 radical (unpaired) electrons. The second kappa shape index (κ2) is 5.85. The van der Waals surface area contributed by atoms with Crippen LogP contribution in [0.15, 0.2) is 23.4 Å². The summed E-state index contributed by atoms with van der Waals surface area (Å²) in [7, 11) is -7.31. The number of nitrogens with zero attached hydrogens (tertiary/aromatic N) is 1. The monoisotopic (exact) mass is 322 g/mol. The van der Waals surface area contributed by atoms with Gasteiger partial charge < -0.3 is 5.11 Å². The fraction of sp³-hybridized carbons (Fsp3) is 0.400. The molecule has 0 fully saturated rings. The Morgan fingerprint density at radius 2 is 1.95 bits per heavy atom. The first kappa shape index (κ1) is 16.5. The van der Waals surface area contributed by atoms with Gasteiger partial charge in [-0.1, -0.05) is 0 Å². The number of carbonyl (C=O) groups is 1. The van der Waals surface area contributed by atoms with E-state index in [1.807, 2.05) is 0 Å². The van der Waals surface area contributed by atoms with Crippen LogP contribution in [0.25, 0.3) is 0 Å². The fourth-order valence-corrected chi connectivity index (χ4v) is 3.75. The minimum absolute atomic E-state index is 0.145. The highest BCUT2D eigenvalue weighted by Gasteiger charge is 2.21. The van der Waals surface area contributed by atoms with Gasteiger partial charge in [-0.3, -0.25) is 0 Å². The van der Waals surface area contributed by atoms with E-state index in [9.17, 15) is 21.6 Å². The predicted octanol–water partition coefficient (Wildman–Crippen LogP) is -0.509. The number of carboxylic acids is 1. The average molecular weight is 322 g/mol. The quantitative estimate of drug-likeness (QED) is 0.721. The summed E-state index contributed by atoms with van der Waals surface area (Å²) in [5.74, 6) is -1.57. The van der Waals surface area contributed by atoms with Gasteiger partial charge in [-0.2, -0.15) is 0 Å². The molecular formula is C10H14N2O6S2. The van der Waals surface area contributed by atoms with E-state index < -0.39 is 31.9 Å². The molecule has 112 valence electrons. The Morgan fingerprint density at radius 3 is 2.35 bits per heavy atom. The maximum absolute atomic E-state index is 11.9. The molecule has 1 aromatic heterocycles. The van der Waals surface area contributed by atoms with Gasteiger partial charge in [0.25, 0.3) is 10.0 Å². The maximum Gasteiger partial charge on any atom is 0.337 e. The van der Waals surface area contributed by atoms with Crippen molar-refractivity contribution >= 4 is 25.8 Å². The lowest BCUT2D eigenvalue weighted by molar-refractivity contribution is 0.0696. The van der Waals surface area contributed by atoms with Crippen molar-refractivity contribution in [2.24, 2.45) is 0 Å². The molecule has 10 heteroatoms. The minimum Gasteiger partial charge on any atom is -0.478 e. The van der Waals surface area contributed by atoms with Crippen LogP contribution in [0.1, 0.15) is 17.3 Å². The SMILES string of the molecule is CC(CS(C)(=O)=O)NS(=O)(=O)c1ccc(C(=O)O)cn1. The van der Waals surface area contributed by atoms with Gasteiger partial charge in [-0.25, -0.2) is 31.3 Å². The number of carboxylic acid groups (broad SMARTS) is 1. The molecule has 0 aliphatic rings. The first-order valence-electron chi connectivity index (χ1n) is 5.41. The van der Waals surface area contributed by atoms with Gasteiger partial charge in [0, 0.05) is 18.5 Å². The van der Waals surface area contributed by atoms with Crippen LogP contribution >= 0.6 is 0 Å². The van der Waals surface area contributed by atoms with Gasteiger partial charge in [0.15, 0.2) is 5.03 Å². The number of nitrogens with one attached hydrogen (secondary N) is 1. The van der Waals surface area contributed by atoms with E-state index >= 15 is 0 Å². The molecule has 0 aliphatic heterocycles. The summed E-state index contributed by atoms with van der Waals surface area (Å²) in [6.07, 6.45) is 1.91. The van der Waals surface area contributed by atoms with Crippen molar-refractivity contribution in [3.63, 3.8) is 0 Å². The lowest BCUT2D eigenvalue weighted by Crippen LogP contribution is -2.37. The molecule has 0 spiro atoms. The van der Waals surface area contributed by atoms with E-state index in [1.165, 1.54) is 6.92 Å². The van der Waals surface area contributed by atoms with E-state index in [0.717, 1.165) is 24.6 Å². The number of hydrogen-bond acceptors (Lipinski definition) is 6. The number of aromatic nitrogens is 1. The second-order valence-corrected chi connectivity index (χ2v) is 8.15. The Bertz CT molecular complexity index is 694. The minimum atomic E-state index is -3.99. The van der Waals surface area contributed by atoms with Crippen molar-refractivity contribution in [2.75, 3.05) is 12.0 Å². The first-order valence-corrected chi connectivity index (χ1v) is 8.95. The van der Waals surface area contributed by atoms with E-state index in [1.54, 1.807) is 0 Å². The molecule has 1 atom stereocenters. The summed E-state index contributed by atoms with van der Waals surface area (Å²) in [5, 5.41) is 8.31. The molecule has 2 N–H and O–H groups in total. The number of rotatable bonds is 6. The maximum atomic E-state index is 11.9. The predicted molar refractivity (Wildman–Crippen MR) is 70.7 cm³/mol. The number of pyridine rings is 1. The molecule has 1 rings (SSSR count). The molecule has 1 unspecified atom stereocenters. The van der Waals surface area contributed by atoms with Gasteiger partial charge in [0.1, 0.15) is 9.84 Å². The molecule has 0 bridgehead atoms. The Labute approximate surface area is 116 Å². The third-order valence-corrected chi connectivity index (χ3v) is 4.78. The molecule has 1 aromatic rings. The Hall–Kier alpha value is -1.52. The largest absolute Gasteiger partial charge is 0.478 e. The normalized spacial score (nSPS) is 13.9. The van der Waals surface area contributed by atoms with Gasteiger partial charge in [0.05, 0.1) is 11.3 Å². The average Bonchev–Trinajstić information content (AvgIpc) is 2.25. The van der Waals surface area contributed by atoms with Crippen LogP contribution in [-0.4, -0.2) is 50.9 Å². The highest BCUT2D eigenvalue weighted by molar-refractivity contribution is 7.91. The Morgan fingerprint density at radius 1 is 1.35 bits per heavy atom. The number of sulfone groups is 1. The van der Waals surface area contributed by atoms with Crippen molar-refractivity contribution < 1.29 is 26.7 Å². The highest BCUT2D eigenvalue weighted by atomic mass is 32.2. The number of hydrogen-bond donors (Lipinski definition) is 2. The summed E-state index contributed by atoms with van der Waals surface area (Å²) < 4.78 is 48.1. The fourth-order valence-electron chi connectivity index (χ4n) is 1.48. The Balaban J connectivity index is 2.91. The van der Waals surface area contributed by atoms with Crippen molar-refractivity contribution in [1.82, 2.24) is 9.71 Å². The van der Waals surface area contributed by atoms with Crippen LogP contribution in [0.3, 0.4) is 0 Å². The van der Waals surface area contributed by atoms with Gasteiger partial charge >= 0.3 is 5.97 Å². The van der Waals surface area contributed by atoms with Crippen LogP contribution in [0.4, 0.5) is 0 Å². The summed E-state index contributed by atoms with van der Waals surface area (Å²) >= 11 is 0. The smallest absolute Gasteiger partial charge is 0.337 e.